The Hall–Kier alpha value is -3.15. The molecule has 6 heteroatoms. The van der Waals surface area contributed by atoms with Crippen molar-refractivity contribution in [3.8, 4) is 5.75 Å². The highest BCUT2D eigenvalue weighted by Crippen LogP contribution is 2.18. The van der Waals surface area contributed by atoms with Crippen molar-refractivity contribution in [3.63, 3.8) is 0 Å². The number of hydrogen-bond acceptors (Lipinski definition) is 4. The maximum atomic E-state index is 12.3. The summed E-state index contributed by atoms with van der Waals surface area (Å²) in [5, 5.41) is 5.54. The molecule has 2 N–H and O–H groups in total. The highest BCUT2D eigenvalue weighted by molar-refractivity contribution is 6.03. The summed E-state index contributed by atoms with van der Waals surface area (Å²) in [5.41, 5.74) is 1.45. The minimum Gasteiger partial charge on any atom is -0.493 e. The Balaban J connectivity index is 1.81. The third kappa shape index (κ3) is 5.95. The fourth-order valence-electron chi connectivity index (χ4n) is 2.59. The topological polar surface area (TPSA) is 84.5 Å². The third-order valence-corrected chi connectivity index (χ3v) is 3.88. The van der Waals surface area contributed by atoms with Crippen LogP contribution in [0.15, 0.2) is 48.5 Å². The van der Waals surface area contributed by atoms with E-state index in [2.05, 4.69) is 10.6 Å². The average molecular weight is 368 g/mol. The number of hydrogen-bond donors (Lipinski definition) is 2. The molecule has 0 aromatic heterocycles. The first-order valence-electron chi connectivity index (χ1n) is 8.92. The van der Waals surface area contributed by atoms with Gasteiger partial charge < -0.3 is 15.4 Å². The Morgan fingerprint density at radius 1 is 0.963 bits per heavy atom. The van der Waals surface area contributed by atoms with Crippen molar-refractivity contribution in [2.24, 2.45) is 0 Å². The van der Waals surface area contributed by atoms with Crippen LogP contribution in [0.4, 0.5) is 5.69 Å². The van der Waals surface area contributed by atoms with Gasteiger partial charge in [-0.25, -0.2) is 0 Å². The molecule has 0 aliphatic carbocycles. The van der Waals surface area contributed by atoms with Crippen LogP contribution in [0.25, 0.3) is 0 Å². The van der Waals surface area contributed by atoms with Gasteiger partial charge in [-0.1, -0.05) is 24.3 Å². The van der Waals surface area contributed by atoms with Crippen molar-refractivity contribution in [2.45, 2.75) is 26.7 Å². The molecule has 0 fully saturated rings. The molecule has 0 atom stereocenters. The van der Waals surface area contributed by atoms with E-state index < -0.39 is 0 Å². The van der Waals surface area contributed by atoms with Gasteiger partial charge in [0.2, 0.25) is 5.91 Å². The van der Waals surface area contributed by atoms with Crippen LogP contribution >= 0.6 is 0 Å². The summed E-state index contributed by atoms with van der Waals surface area (Å²) in [7, 11) is 0. The van der Waals surface area contributed by atoms with Gasteiger partial charge >= 0.3 is 0 Å². The lowest BCUT2D eigenvalue weighted by Crippen LogP contribution is -2.26. The molecule has 0 heterocycles. The normalized spacial score (nSPS) is 10.1. The lowest BCUT2D eigenvalue weighted by Gasteiger charge is -2.11. The van der Waals surface area contributed by atoms with Crippen LogP contribution in [0.3, 0.4) is 0 Å². The first-order valence-corrected chi connectivity index (χ1v) is 8.92. The molecule has 0 unspecified atom stereocenters. The second kappa shape index (κ2) is 10.1. The predicted octanol–water partition coefficient (Wildman–Crippen LogP) is 3.44. The van der Waals surface area contributed by atoms with Crippen LogP contribution in [0.2, 0.25) is 0 Å². The molecule has 2 aromatic carbocycles. The molecule has 142 valence electrons. The van der Waals surface area contributed by atoms with Crippen LogP contribution in [-0.4, -0.2) is 30.7 Å². The van der Waals surface area contributed by atoms with E-state index in [4.69, 9.17) is 4.74 Å². The molecule has 2 rings (SSSR count). The number of amides is 2. The van der Waals surface area contributed by atoms with E-state index in [1.807, 2.05) is 13.0 Å². The van der Waals surface area contributed by atoms with Gasteiger partial charge in [0, 0.05) is 18.5 Å². The first-order chi connectivity index (χ1) is 13.0. The van der Waals surface area contributed by atoms with Crippen molar-refractivity contribution < 1.29 is 19.1 Å². The van der Waals surface area contributed by atoms with E-state index in [9.17, 15) is 14.4 Å². The largest absolute Gasteiger partial charge is 0.493 e. The third-order valence-electron chi connectivity index (χ3n) is 3.88. The molecule has 0 aliphatic heterocycles. The number of carbonyl (C=O) groups excluding carboxylic acids is 3. The number of para-hydroxylation sites is 2. The summed E-state index contributed by atoms with van der Waals surface area (Å²) in [6, 6.07) is 13.9. The zero-order valence-corrected chi connectivity index (χ0v) is 15.6. The molecule has 0 spiro atoms. The monoisotopic (exact) mass is 368 g/mol. The molecular weight excluding hydrogens is 344 g/mol. The average Bonchev–Trinajstić information content (AvgIpc) is 2.66. The fraction of sp³-hybridized carbons (Fsp3) is 0.286. The van der Waals surface area contributed by atoms with E-state index in [0.717, 1.165) is 0 Å². The van der Waals surface area contributed by atoms with E-state index in [1.54, 1.807) is 42.5 Å². The molecule has 0 radical (unpaired) electrons. The molecule has 0 bridgehead atoms. The van der Waals surface area contributed by atoms with Gasteiger partial charge in [0.25, 0.3) is 5.91 Å². The first kappa shape index (κ1) is 20.2. The number of anilines is 1. The SMILES string of the molecule is CCOc1ccccc1C(=O)NCCCC(=O)Nc1ccccc1C(C)=O. The lowest BCUT2D eigenvalue weighted by molar-refractivity contribution is -0.116. The Morgan fingerprint density at radius 3 is 2.33 bits per heavy atom. The zero-order chi connectivity index (χ0) is 19.6. The predicted molar refractivity (Wildman–Crippen MR) is 104 cm³/mol. The van der Waals surface area contributed by atoms with Gasteiger partial charge in [0.05, 0.1) is 17.9 Å². The zero-order valence-electron chi connectivity index (χ0n) is 15.6. The molecule has 0 aliphatic rings. The second-order valence-electron chi connectivity index (χ2n) is 5.94. The lowest BCUT2D eigenvalue weighted by atomic mass is 10.1. The molecule has 0 saturated carbocycles. The molecule has 6 nitrogen and oxygen atoms in total. The summed E-state index contributed by atoms with van der Waals surface area (Å²) in [6.45, 7) is 4.16. The van der Waals surface area contributed by atoms with Gasteiger partial charge in [0.15, 0.2) is 5.78 Å². The summed E-state index contributed by atoms with van der Waals surface area (Å²) in [5.74, 6) is -0.00346. The van der Waals surface area contributed by atoms with Crippen LogP contribution in [0.1, 0.15) is 47.4 Å². The minimum absolute atomic E-state index is 0.105. The Labute approximate surface area is 158 Å². The number of Topliss-reactive ketones (excluding diaryl/α,β-unsaturated/α-hetero) is 1. The van der Waals surface area contributed by atoms with Crippen molar-refractivity contribution >= 4 is 23.3 Å². The highest BCUT2D eigenvalue weighted by Gasteiger charge is 2.12. The van der Waals surface area contributed by atoms with Crippen molar-refractivity contribution in [3.05, 3.63) is 59.7 Å². The summed E-state index contributed by atoms with van der Waals surface area (Å²) < 4.78 is 5.45. The van der Waals surface area contributed by atoms with E-state index >= 15 is 0 Å². The maximum absolute atomic E-state index is 12.3. The molecule has 2 aromatic rings. The fourth-order valence-corrected chi connectivity index (χ4v) is 2.59. The molecule has 0 saturated heterocycles. The number of ketones is 1. The number of carbonyl (C=O) groups is 3. The molecule has 2 amide bonds. The van der Waals surface area contributed by atoms with E-state index in [-0.39, 0.29) is 24.0 Å². The standard InChI is InChI=1S/C21H24N2O4/c1-3-27-19-12-7-5-10-17(19)21(26)22-14-8-13-20(25)23-18-11-6-4-9-16(18)15(2)24/h4-7,9-12H,3,8,13-14H2,1-2H3,(H,22,26)(H,23,25). The minimum atomic E-state index is -0.235. The Kier molecular flexibility index (Phi) is 7.55. The van der Waals surface area contributed by atoms with Crippen LogP contribution in [0, 0.1) is 0 Å². The smallest absolute Gasteiger partial charge is 0.255 e. The summed E-state index contributed by atoms with van der Waals surface area (Å²) >= 11 is 0. The Morgan fingerprint density at radius 2 is 1.63 bits per heavy atom. The quantitative estimate of drug-likeness (QED) is 0.524. The number of benzene rings is 2. The maximum Gasteiger partial charge on any atom is 0.255 e. The van der Waals surface area contributed by atoms with Gasteiger partial charge in [-0.2, -0.15) is 0 Å². The number of nitrogens with one attached hydrogen (secondary N) is 2. The second-order valence-corrected chi connectivity index (χ2v) is 5.94. The molecular formula is C21H24N2O4. The van der Waals surface area contributed by atoms with Gasteiger partial charge in [-0.15, -0.1) is 0 Å². The Bertz CT molecular complexity index is 817. The van der Waals surface area contributed by atoms with Gasteiger partial charge in [-0.3, -0.25) is 14.4 Å². The molecule has 27 heavy (non-hydrogen) atoms. The van der Waals surface area contributed by atoms with Crippen molar-refractivity contribution in [1.29, 1.82) is 0 Å². The van der Waals surface area contributed by atoms with E-state index in [0.29, 0.717) is 42.1 Å². The van der Waals surface area contributed by atoms with Crippen LogP contribution in [-0.2, 0) is 4.79 Å². The number of ether oxygens (including phenoxy) is 1. The van der Waals surface area contributed by atoms with Gasteiger partial charge in [0.1, 0.15) is 5.75 Å². The van der Waals surface area contributed by atoms with Crippen molar-refractivity contribution in [1.82, 2.24) is 5.32 Å². The highest BCUT2D eigenvalue weighted by atomic mass is 16.5. The van der Waals surface area contributed by atoms with Gasteiger partial charge in [-0.05, 0) is 44.5 Å². The van der Waals surface area contributed by atoms with Crippen LogP contribution < -0.4 is 15.4 Å². The summed E-state index contributed by atoms with van der Waals surface area (Å²) in [4.78, 5) is 35.9. The van der Waals surface area contributed by atoms with Crippen LogP contribution in [0.5, 0.6) is 5.75 Å². The van der Waals surface area contributed by atoms with E-state index in [1.165, 1.54) is 6.92 Å². The van der Waals surface area contributed by atoms with Crippen molar-refractivity contribution in [2.75, 3.05) is 18.5 Å². The number of rotatable bonds is 9. The summed E-state index contributed by atoms with van der Waals surface area (Å²) in [6.07, 6.45) is 0.718.